The van der Waals surface area contributed by atoms with Gasteiger partial charge < -0.3 is 10.6 Å². The maximum Gasteiger partial charge on any atom is 0.263 e. The van der Waals surface area contributed by atoms with Gasteiger partial charge in [0.05, 0.1) is 5.69 Å². The van der Waals surface area contributed by atoms with Gasteiger partial charge in [-0.25, -0.2) is 4.98 Å². The van der Waals surface area contributed by atoms with Crippen LogP contribution in [0, 0.1) is 0 Å². The molecule has 0 aliphatic rings. The Morgan fingerprint density at radius 1 is 1.53 bits per heavy atom. The highest BCUT2D eigenvalue weighted by molar-refractivity contribution is 7.21. The quantitative estimate of drug-likeness (QED) is 0.875. The van der Waals surface area contributed by atoms with E-state index in [2.05, 4.69) is 15.6 Å². The molecule has 0 radical (unpaired) electrons. The number of nitrogens with zero attached hydrogens (tertiary/aromatic N) is 1. The smallest absolute Gasteiger partial charge is 0.263 e. The molecule has 0 saturated heterocycles. The maximum absolute atomic E-state index is 12.0. The van der Waals surface area contributed by atoms with Gasteiger partial charge in [-0.1, -0.05) is 6.92 Å². The zero-order valence-corrected chi connectivity index (χ0v) is 10.7. The summed E-state index contributed by atoms with van der Waals surface area (Å²) in [6, 6.07) is 3.85. The predicted octanol–water partition coefficient (Wildman–Crippen LogP) is 2.48. The summed E-state index contributed by atoms with van der Waals surface area (Å²) in [6.07, 6.45) is 2.68. The summed E-state index contributed by atoms with van der Waals surface area (Å²) in [5.74, 6) is -0.0285. The summed E-state index contributed by atoms with van der Waals surface area (Å²) in [4.78, 5) is 17.8. The molecule has 2 rings (SSSR count). The third kappa shape index (κ3) is 2.24. The van der Waals surface area contributed by atoms with Crippen molar-refractivity contribution < 1.29 is 4.79 Å². The standard InChI is InChI=1S/C12H15N3OS/c1-3-6-14-11(16)10-9(13-2)8-5-4-7-15-12(8)17-10/h4-5,7,13H,3,6H2,1-2H3,(H,14,16). The van der Waals surface area contributed by atoms with Gasteiger partial charge in [0.1, 0.15) is 9.71 Å². The Morgan fingerprint density at radius 3 is 3.06 bits per heavy atom. The van der Waals surface area contributed by atoms with Crippen LogP contribution in [0.3, 0.4) is 0 Å². The van der Waals surface area contributed by atoms with Crippen molar-refractivity contribution in [2.24, 2.45) is 0 Å². The molecule has 0 aromatic carbocycles. The first-order chi connectivity index (χ1) is 8.27. The van der Waals surface area contributed by atoms with Gasteiger partial charge in [-0.2, -0.15) is 0 Å². The van der Waals surface area contributed by atoms with Crippen LogP contribution in [-0.2, 0) is 0 Å². The van der Waals surface area contributed by atoms with E-state index in [1.165, 1.54) is 11.3 Å². The van der Waals surface area contributed by atoms with Gasteiger partial charge in [-0.3, -0.25) is 4.79 Å². The molecular weight excluding hydrogens is 234 g/mol. The van der Waals surface area contributed by atoms with E-state index in [1.807, 2.05) is 26.1 Å². The largest absolute Gasteiger partial charge is 0.386 e. The second-order valence-corrected chi connectivity index (χ2v) is 4.67. The minimum atomic E-state index is -0.0285. The van der Waals surface area contributed by atoms with Crippen molar-refractivity contribution in [1.29, 1.82) is 0 Å². The molecule has 0 saturated carbocycles. The molecule has 5 heteroatoms. The zero-order chi connectivity index (χ0) is 12.3. The molecule has 0 fully saturated rings. The molecule has 0 spiro atoms. The number of amides is 1. The van der Waals surface area contributed by atoms with Crippen LogP contribution >= 0.6 is 11.3 Å². The Bertz CT molecular complexity index is 536. The fraction of sp³-hybridized carbons (Fsp3) is 0.333. The summed E-state index contributed by atoms with van der Waals surface area (Å²) in [7, 11) is 1.82. The van der Waals surface area contributed by atoms with E-state index in [4.69, 9.17) is 0 Å². The first-order valence-corrected chi connectivity index (χ1v) is 6.43. The van der Waals surface area contributed by atoms with Crippen molar-refractivity contribution in [2.75, 3.05) is 18.9 Å². The molecule has 0 bridgehead atoms. The van der Waals surface area contributed by atoms with E-state index in [1.54, 1.807) is 6.20 Å². The molecule has 2 heterocycles. The molecule has 17 heavy (non-hydrogen) atoms. The van der Waals surface area contributed by atoms with Gasteiger partial charge in [0.15, 0.2) is 0 Å². The molecule has 0 unspecified atom stereocenters. The van der Waals surface area contributed by atoms with Crippen LogP contribution in [0.25, 0.3) is 10.2 Å². The highest BCUT2D eigenvalue weighted by Crippen LogP contribution is 2.33. The molecule has 0 aliphatic carbocycles. The van der Waals surface area contributed by atoms with Crippen molar-refractivity contribution in [3.63, 3.8) is 0 Å². The fourth-order valence-corrected chi connectivity index (χ4v) is 2.73. The third-order valence-corrected chi connectivity index (χ3v) is 3.57. The third-order valence-electron chi connectivity index (χ3n) is 2.46. The lowest BCUT2D eigenvalue weighted by Gasteiger charge is -2.04. The molecule has 1 amide bonds. The minimum absolute atomic E-state index is 0.0285. The molecular formula is C12H15N3OS. The van der Waals surface area contributed by atoms with Crippen LogP contribution in [0.1, 0.15) is 23.0 Å². The van der Waals surface area contributed by atoms with Crippen LogP contribution < -0.4 is 10.6 Å². The lowest BCUT2D eigenvalue weighted by atomic mass is 10.2. The number of nitrogens with one attached hydrogen (secondary N) is 2. The van der Waals surface area contributed by atoms with Gasteiger partial charge in [0, 0.05) is 25.2 Å². The number of aromatic nitrogens is 1. The number of pyridine rings is 1. The monoisotopic (exact) mass is 249 g/mol. The fourth-order valence-electron chi connectivity index (χ4n) is 1.66. The average molecular weight is 249 g/mol. The molecule has 2 N–H and O–H groups in total. The van der Waals surface area contributed by atoms with E-state index >= 15 is 0 Å². The normalized spacial score (nSPS) is 10.5. The molecule has 2 aromatic rings. The Balaban J connectivity index is 2.42. The van der Waals surface area contributed by atoms with Crippen LogP contribution in [-0.4, -0.2) is 24.5 Å². The summed E-state index contributed by atoms with van der Waals surface area (Å²) >= 11 is 1.42. The van der Waals surface area contributed by atoms with Crippen LogP contribution in [0.4, 0.5) is 5.69 Å². The van der Waals surface area contributed by atoms with Gasteiger partial charge in [0.25, 0.3) is 5.91 Å². The van der Waals surface area contributed by atoms with E-state index in [9.17, 15) is 4.79 Å². The number of carbonyl (C=O) groups excluding carboxylic acids is 1. The SMILES string of the molecule is CCCNC(=O)c1sc2ncccc2c1NC. The lowest BCUT2D eigenvalue weighted by molar-refractivity contribution is 0.0958. The van der Waals surface area contributed by atoms with Gasteiger partial charge in [-0.15, -0.1) is 11.3 Å². The van der Waals surface area contributed by atoms with Crippen molar-refractivity contribution in [2.45, 2.75) is 13.3 Å². The number of fused-ring (bicyclic) bond motifs is 1. The lowest BCUT2D eigenvalue weighted by Crippen LogP contribution is -2.23. The Morgan fingerprint density at radius 2 is 2.35 bits per heavy atom. The van der Waals surface area contributed by atoms with E-state index in [0.717, 1.165) is 22.3 Å². The van der Waals surface area contributed by atoms with Crippen LogP contribution in [0.5, 0.6) is 0 Å². The van der Waals surface area contributed by atoms with E-state index in [0.29, 0.717) is 11.4 Å². The molecule has 0 atom stereocenters. The highest BCUT2D eigenvalue weighted by atomic mass is 32.1. The number of anilines is 1. The zero-order valence-electron chi connectivity index (χ0n) is 9.91. The summed E-state index contributed by atoms with van der Waals surface area (Å²) in [5, 5.41) is 6.98. The molecule has 90 valence electrons. The van der Waals surface area contributed by atoms with Gasteiger partial charge in [0.2, 0.25) is 0 Å². The van der Waals surface area contributed by atoms with Gasteiger partial charge >= 0.3 is 0 Å². The summed E-state index contributed by atoms with van der Waals surface area (Å²) in [6.45, 7) is 2.73. The minimum Gasteiger partial charge on any atom is -0.386 e. The average Bonchev–Trinajstić information content (AvgIpc) is 2.74. The Kier molecular flexibility index (Phi) is 3.58. The van der Waals surface area contributed by atoms with Crippen molar-refractivity contribution in [3.8, 4) is 0 Å². The van der Waals surface area contributed by atoms with Gasteiger partial charge in [-0.05, 0) is 18.6 Å². The number of thiophene rings is 1. The molecule has 4 nitrogen and oxygen atoms in total. The highest BCUT2D eigenvalue weighted by Gasteiger charge is 2.17. The number of rotatable bonds is 4. The van der Waals surface area contributed by atoms with Crippen LogP contribution in [0.15, 0.2) is 18.3 Å². The summed E-state index contributed by atoms with van der Waals surface area (Å²) < 4.78 is 0. The predicted molar refractivity (Wildman–Crippen MR) is 71.8 cm³/mol. The number of hydrogen-bond donors (Lipinski definition) is 2. The van der Waals surface area contributed by atoms with Crippen molar-refractivity contribution in [1.82, 2.24) is 10.3 Å². The second kappa shape index (κ2) is 5.14. The molecule has 2 aromatic heterocycles. The van der Waals surface area contributed by atoms with Crippen molar-refractivity contribution >= 4 is 33.1 Å². The second-order valence-electron chi connectivity index (χ2n) is 3.67. The van der Waals surface area contributed by atoms with E-state index in [-0.39, 0.29) is 5.91 Å². The first-order valence-electron chi connectivity index (χ1n) is 5.61. The van der Waals surface area contributed by atoms with E-state index < -0.39 is 0 Å². The topological polar surface area (TPSA) is 54.0 Å². The number of hydrogen-bond acceptors (Lipinski definition) is 4. The first kappa shape index (κ1) is 11.9. The Hall–Kier alpha value is -1.62. The maximum atomic E-state index is 12.0. The summed E-state index contributed by atoms with van der Waals surface area (Å²) in [5.41, 5.74) is 0.867. The molecule has 0 aliphatic heterocycles. The number of carbonyl (C=O) groups is 1. The van der Waals surface area contributed by atoms with Crippen molar-refractivity contribution in [3.05, 3.63) is 23.2 Å². The van der Waals surface area contributed by atoms with Crippen LogP contribution in [0.2, 0.25) is 0 Å². The Labute approximate surface area is 104 Å².